The van der Waals surface area contributed by atoms with Crippen molar-refractivity contribution < 1.29 is 0 Å². The third kappa shape index (κ3) is 5.23. The molecule has 0 aliphatic rings. The van der Waals surface area contributed by atoms with Gasteiger partial charge in [0.1, 0.15) is 0 Å². The average molecular weight is 766 g/mol. The average Bonchev–Trinajstić information content (AvgIpc) is 3.97. The van der Waals surface area contributed by atoms with Crippen LogP contribution in [0.3, 0.4) is 0 Å². The van der Waals surface area contributed by atoms with E-state index >= 15 is 0 Å². The van der Waals surface area contributed by atoms with Crippen LogP contribution in [0.4, 0.5) is 0 Å². The number of aromatic nitrogens is 3. The first-order valence-electron chi connectivity index (χ1n) is 19.5. The molecule has 0 atom stereocenters. The molecule has 5 heteroatoms. The van der Waals surface area contributed by atoms with Crippen LogP contribution in [0.1, 0.15) is 13.8 Å². The minimum atomic E-state index is 0.671. The zero-order valence-corrected chi connectivity index (χ0v) is 33.0. The Balaban J connectivity index is 0.00000184. The molecule has 4 heterocycles. The summed E-state index contributed by atoms with van der Waals surface area (Å²) >= 11 is 3.65. The first-order chi connectivity index (χ1) is 28.3. The maximum Gasteiger partial charge on any atom is 0.235 e. The van der Waals surface area contributed by atoms with Crippen LogP contribution in [0.5, 0.6) is 0 Å². The topological polar surface area (TPSA) is 30.7 Å². The van der Waals surface area contributed by atoms with Gasteiger partial charge < -0.3 is 0 Å². The number of benzene rings is 8. The van der Waals surface area contributed by atoms with Gasteiger partial charge >= 0.3 is 0 Å². The van der Waals surface area contributed by atoms with Crippen LogP contribution in [-0.2, 0) is 0 Å². The summed E-state index contributed by atoms with van der Waals surface area (Å²) in [7, 11) is 0. The van der Waals surface area contributed by atoms with E-state index in [9.17, 15) is 0 Å². The van der Waals surface area contributed by atoms with Crippen LogP contribution in [-0.4, -0.2) is 14.5 Å². The lowest BCUT2D eigenvalue weighted by molar-refractivity contribution is 1.02. The number of hydrogen-bond acceptors (Lipinski definition) is 4. The Labute approximate surface area is 337 Å². The van der Waals surface area contributed by atoms with Gasteiger partial charge in [-0.1, -0.05) is 166 Å². The summed E-state index contributed by atoms with van der Waals surface area (Å²) in [5.41, 5.74) is 9.95. The van der Waals surface area contributed by atoms with Crippen molar-refractivity contribution in [1.29, 1.82) is 0 Å². The van der Waals surface area contributed by atoms with Crippen molar-refractivity contribution >= 4 is 95.7 Å². The number of hydrogen-bond donors (Lipinski definition) is 0. The van der Waals surface area contributed by atoms with Gasteiger partial charge in [0, 0.05) is 57.7 Å². The summed E-state index contributed by atoms with van der Waals surface area (Å²) in [5, 5.41) is 8.67. The highest BCUT2D eigenvalue weighted by molar-refractivity contribution is 7.26. The van der Waals surface area contributed by atoms with Gasteiger partial charge in [-0.05, 0) is 46.2 Å². The summed E-state index contributed by atoms with van der Waals surface area (Å²) < 4.78 is 7.22. The molecule has 3 nitrogen and oxygen atoms in total. The molecule has 0 saturated carbocycles. The van der Waals surface area contributed by atoms with Gasteiger partial charge in [-0.2, -0.15) is 0 Å². The van der Waals surface area contributed by atoms with E-state index in [2.05, 4.69) is 180 Å². The normalized spacial score (nSPS) is 11.7. The molecule has 0 aliphatic heterocycles. The monoisotopic (exact) mass is 765 g/mol. The summed E-state index contributed by atoms with van der Waals surface area (Å²) in [6.45, 7) is 4.00. The standard InChI is InChI=1S/C50H29N3S2.C2H6/c1-3-13-30(14-4-1)33-25-27-41-40(29-33)36-21-11-20-35(37-22-12-23-39-44-34-18-8-7-15-31(34)26-28-43(44)55-48(37)39)47(36)53(41)50-51-45(32-16-5-2-6-17-32)49-46(52-50)38-19-9-10-24-42(38)54-49;1-2/h1-29H;1-2H3. The maximum absolute atomic E-state index is 5.52. The Bertz CT molecular complexity index is 3480. The number of para-hydroxylation sites is 1. The quantitative estimate of drug-likeness (QED) is 0.179. The molecule has 0 amide bonds. The van der Waals surface area contributed by atoms with Gasteiger partial charge in [0.2, 0.25) is 5.95 Å². The van der Waals surface area contributed by atoms with Gasteiger partial charge in [0.05, 0.1) is 26.9 Å². The van der Waals surface area contributed by atoms with Gasteiger partial charge in [-0.25, -0.2) is 9.97 Å². The third-order valence-corrected chi connectivity index (χ3v) is 13.4. The van der Waals surface area contributed by atoms with Crippen molar-refractivity contribution in [2.24, 2.45) is 0 Å². The molecule has 0 spiro atoms. The Morgan fingerprint density at radius 1 is 0.439 bits per heavy atom. The van der Waals surface area contributed by atoms with Gasteiger partial charge in [-0.15, -0.1) is 22.7 Å². The Morgan fingerprint density at radius 2 is 1.11 bits per heavy atom. The molecule has 12 aromatic rings. The van der Waals surface area contributed by atoms with E-state index in [4.69, 9.17) is 9.97 Å². The van der Waals surface area contributed by atoms with Crippen LogP contribution in [0, 0.1) is 0 Å². The van der Waals surface area contributed by atoms with Gasteiger partial charge in [0.25, 0.3) is 0 Å². The Hall–Kier alpha value is -6.66. The molecular weight excluding hydrogens is 731 g/mol. The minimum absolute atomic E-state index is 0.671. The van der Waals surface area contributed by atoms with Gasteiger partial charge in [0.15, 0.2) is 0 Å². The lowest BCUT2D eigenvalue weighted by Gasteiger charge is -2.13. The highest BCUT2D eigenvalue weighted by atomic mass is 32.1. The fraction of sp³-hybridized carbons (Fsp3) is 0.0385. The van der Waals surface area contributed by atoms with E-state index in [1.165, 1.54) is 63.1 Å². The SMILES string of the molecule is CC.c1ccc(-c2ccc3c(c2)c2cccc(-c4cccc5c4sc4ccc6ccccc6c45)c2n3-c2nc(-c3ccccc3)c3sc4ccccc4c3n2)cc1. The van der Waals surface area contributed by atoms with Crippen LogP contribution < -0.4 is 0 Å². The predicted molar refractivity (Wildman–Crippen MR) is 247 cm³/mol. The first-order valence-corrected chi connectivity index (χ1v) is 21.1. The molecule has 4 aromatic heterocycles. The third-order valence-electron chi connectivity index (χ3n) is 11.0. The molecule has 0 aliphatic carbocycles. The molecule has 12 rings (SSSR count). The number of thiophene rings is 2. The molecule has 0 fully saturated rings. The van der Waals surface area contributed by atoms with E-state index in [0.29, 0.717) is 5.95 Å². The Kier molecular flexibility index (Phi) is 7.98. The van der Waals surface area contributed by atoms with Crippen LogP contribution in [0.25, 0.3) is 113 Å². The number of rotatable bonds is 4. The van der Waals surface area contributed by atoms with Crippen LogP contribution in [0.2, 0.25) is 0 Å². The summed E-state index contributed by atoms with van der Waals surface area (Å²) in [6, 6.07) is 63.5. The van der Waals surface area contributed by atoms with Crippen molar-refractivity contribution in [1.82, 2.24) is 14.5 Å². The molecule has 0 radical (unpaired) electrons. The highest BCUT2D eigenvalue weighted by Crippen LogP contribution is 2.47. The summed E-state index contributed by atoms with van der Waals surface area (Å²) in [5.74, 6) is 0.671. The fourth-order valence-electron chi connectivity index (χ4n) is 8.56. The van der Waals surface area contributed by atoms with E-state index in [-0.39, 0.29) is 0 Å². The fourth-order valence-corrected chi connectivity index (χ4v) is 11.0. The molecule has 8 aromatic carbocycles. The number of fused-ring (bicyclic) bond motifs is 11. The molecular formula is C52H35N3S2. The zero-order chi connectivity index (χ0) is 38.0. The molecule has 0 bridgehead atoms. The smallest absolute Gasteiger partial charge is 0.235 e. The van der Waals surface area contributed by atoms with Crippen molar-refractivity contribution in [2.45, 2.75) is 13.8 Å². The predicted octanol–water partition coefficient (Wildman–Crippen LogP) is 15.5. The lowest BCUT2D eigenvalue weighted by Crippen LogP contribution is -2.03. The first kappa shape index (κ1) is 33.7. The maximum atomic E-state index is 5.52. The lowest BCUT2D eigenvalue weighted by atomic mass is 9.98. The summed E-state index contributed by atoms with van der Waals surface area (Å²) in [6.07, 6.45) is 0. The molecule has 0 unspecified atom stereocenters. The van der Waals surface area contributed by atoms with E-state index in [0.717, 1.165) is 43.5 Å². The number of nitrogens with zero attached hydrogens (tertiary/aromatic N) is 3. The molecule has 270 valence electrons. The van der Waals surface area contributed by atoms with Crippen molar-refractivity contribution in [2.75, 3.05) is 0 Å². The van der Waals surface area contributed by atoms with Crippen LogP contribution >= 0.6 is 22.7 Å². The van der Waals surface area contributed by atoms with Crippen molar-refractivity contribution in [3.63, 3.8) is 0 Å². The van der Waals surface area contributed by atoms with E-state index in [1.807, 2.05) is 25.2 Å². The van der Waals surface area contributed by atoms with E-state index in [1.54, 1.807) is 11.3 Å². The second-order valence-electron chi connectivity index (χ2n) is 14.1. The molecule has 0 saturated heterocycles. The largest absolute Gasteiger partial charge is 0.277 e. The second-order valence-corrected chi connectivity index (χ2v) is 16.2. The highest BCUT2D eigenvalue weighted by Gasteiger charge is 2.23. The van der Waals surface area contributed by atoms with Crippen molar-refractivity contribution in [3.8, 4) is 39.5 Å². The minimum Gasteiger partial charge on any atom is -0.277 e. The van der Waals surface area contributed by atoms with Crippen LogP contribution in [0.15, 0.2) is 176 Å². The molecule has 0 N–H and O–H groups in total. The van der Waals surface area contributed by atoms with Gasteiger partial charge in [-0.3, -0.25) is 4.57 Å². The summed E-state index contributed by atoms with van der Waals surface area (Å²) in [4.78, 5) is 11.0. The Morgan fingerprint density at radius 3 is 1.93 bits per heavy atom. The van der Waals surface area contributed by atoms with Crippen molar-refractivity contribution in [3.05, 3.63) is 176 Å². The second kappa shape index (κ2) is 13.5. The van der Waals surface area contributed by atoms with E-state index < -0.39 is 0 Å². The molecule has 57 heavy (non-hydrogen) atoms. The zero-order valence-electron chi connectivity index (χ0n) is 31.4.